The van der Waals surface area contributed by atoms with E-state index in [1.165, 1.54) is 11.8 Å². The molecule has 2 aromatic rings. The Balaban J connectivity index is 2.05. The van der Waals surface area contributed by atoms with Crippen molar-refractivity contribution in [3.63, 3.8) is 0 Å². The van der Waals surface area contributed by atoms with Gasteiger partial charge >= 0.3 is 0 Å². The molecule has 23 heavy (non-hydrogen) atoms. The first-order valence-electron chi connectivity index (χ1n) is 8.64. The van der Waals surface area contributed by atoms with E-state index < -0.39 is 0 Å². The van der Waals surface area contributed by atoms with Crippen LogP contribution in [0.2, 0.25) is 0 Å². The number of hydrogen-bond donors (Lipinski definition) is 1. The second-order valence-corrected chi connectivity index (χ2v) is 6.04. The SMILES string of the molecule is CCCCc1cc2ccccc2c(OCCN(C)CCCN)n1. The highest BCUT2D eigenvalue weighted by atomic mass is 16.5. The summed E-state index contributed by atoms with van der Waals surface area (Å²) in [5.74, 6) is 0.765. The molecule has 0 spiro atoms. The molecular weight excluding hydrogens is 286 g/mol. The van der Waals surface area contributed by atoms with Crippen molar-refractivity contribution in [2.24, 2.45) is 5.73 Å². The first-order valence-corrected chi connectivity index (χ1v) is 8.64. The highest BCUT2D eigenvalue weighted by Gasteiger charge is 2.07. The third-order valence-corrected chi connectivity index (χ3v) is 4.00. The lowest BCUT2D eigenvalue weighted by molar-refractivity contribution is 0.232. The summed E-state index contributed by atoms with van der Waals surface area (Å²) in [4.78, 5) is 6.98. The van der Waals surface area contributed by atoms with Gasteiger partial charge < -0.3 is 15.4 Å². The maximum atomic E-state index is 6.01. The second-order valence-electron chi connectivity index (χ2n) is 6.04. The number of fused-ring (bicyclic) bond motifs is 1. The van der Waals surface area contributed by atoms with Crippen molar-refractivity contribution < 1.29 is 4.74 Å². The maximum absolute atomic E-state index is 6.01. The summed E-state index contributed by atoms with van der Waals surface area (Å²) in [6, 6.07) is 10.5. The predicted molar refractivity (Wildman–Crippen MR) is 97.0 cm³/mol. The summed E-state index contributed by atoms with van der Waals surface area (Å²) in [7, 11) is 2.10. The van der Waals surface area contributed by atoms with E-state index in [0.717, 1.165) is 55.9 Å². The molecule has 1 heterocycles. The second kappa shape index (κ2) is 9.48. The van der Waals surface area contributed by atoms with E-state index in [9.17, 15) is 0 Å². The summed E-state index contributed by atoms with van der Waals surface area (Å²) in [5.41, 5.74) is 6.67. The molecule has 1 aromatic carbocycles. The van der Waals surface area contributed by atoms with Crippen molar-refractivity contribution in [1.29, 1.82) is 0 Å². The Morgan fingerprint density at radius 2 is 2.00 bits per heavy atom. The van der Waals surface area contributed by atoms with Crippen LogP contribution in [0.5, 0.6) is 5.88 Å². The number of nitrogens with zero attached hydrogens (tertiary/aromatic N) is 2. The molecule has 1 aromatic heterocycles. The van der Waals surface area contributed by atoms with Gasteiger partial charge in [0.05, 0.1) is 0 Å². The molecule has 2 rings (SSSR count). The summed E-state index contributed by atoms with van der Waals surface area (Å²) < 4.78 is 6.01. The Labute approximate surface area is 139 Å². The fourth-order valence-corrected chi connectivity index (χ4v) is 2.59. The van der Waals surface area contributed by atoms with E-state index in [-0.39, 0.29) is 0 Å². The summed E-state index contributed by atoms with van der Waals surface area (Å²) in [6.45, 7) is 5.47. The fourth-order valence-electron chi connectivity index (χ4n) is 2.59. The molecule has 0 amide bonds. The molecule has 0 unspecified atom stereocenters. The van der Waals surface area contributed by atoms with Crippen LogP contribution in [0.3, 0.4) is 0 Å². The third-order valence-electron chi connectivity index (χ3n) is 4.00. The highest BCUT2D eigenvalue weighted by molar-refractivity contribution is 5.87. The van der Waals surface area contributed by atoms with Crippen molar-refractivity contribution in [2.45, 2.75) is 32.6 Å². The molecule has 0 aliphatic heterocycles. The van der Waals surface area contributed by atoms with Crippen LogP contribution >= 0.6 is 0 Å². The Morgan fingerprint density at radius 3 is 2.78 bits per heavy atom. The van der Waals surface area contributed by atoms with Crippen LogP contribution in [-0.4, -0.2) is 43.2 Å². The zero-order valence-corrected chi connectivity index (χ0v) is 14.4. The van der Waals surface area contributed by atoms with Gasteiger partial charge in [-0.05, 0) is 56.9 Å². The van der Waals surface area contributed by atoms with Gasteiger partial charge in [-0.1, -0.05) is 31.5 Å². The van der Waals surface area contributed by atoms with Gasteiger partial charge in [-0.25, -0.2) is 4.98 Å². The lowest BCUT2D eigenvalue weighted by atomic mass is 10.1. The van der Waals surface area contributed by atoms with Gasteiger partial charge in [0.1, 0.15) is 6.61 Å². The molecular formula is C19H29N3O. The van der Waals surface area contributed by atoms with E-state index in [4.69, 9.17) is 15.5 Å². The van der Waals surface area contributed by atoms with Crippen LogP contribution < -0.4 is 10.5 Å². The number of pyridine rings is 1. The minimum absolute atomic E-state index is 0.648. The quantitative estimate of drug-likeness (QED) is 0.731. The zero-order valence-electron chi connectivity index (χ0n) is 14.4. The topological polar surface area (TPSA) is 51.4 Å². The Hall–Kier alpha value is -1.65. The number of likely N-dealkylation sites (N-methyl/N-ethyl adjacent to an activating group) is 1. The zero-order chi connectivity index (χ0) is 16.5. The molecule has 4 nitrogen and oxygen atoms in total. The lowest BCUT2D eigenvalue weighted by Gasteiger charge is -2.17. The Morgan fingerprint density at radius 1 is 1.17 bits per heavy atom. The lowest BCUT2D eigenvalue weighted by Crippen LogP contribution is -2.26. The number of rotatable bonds is 10. The number of aromatic nitrogens is 1. The highest BCUT2D eigenvalue weighted by Crippen LogP contribution is 2.25. The molecule has 0 radical (unpaired) electrons. The summed E-state index contributed by atoms with van der Waals surface area (Å²) in [5, 5.41) is 2.30. The van der Waals surface area contributed by atoms with Crippen LogP contribution in [0.25, 0.3) is 10.8 Å². The van der Waals surface area contributed by atoms with Gasteiger partial charge in [0.2, 0.25) is 5.88 Å². The average molecular weight is 315 g/mol. The molecule has 2 N–H and O–H groups in total. The first kappa shape index (κ1) is 17.7. The number of nitrogens with two attached hydrogens (primary N) is 1. The van der Waals surface area contributed by atoms with Gasteiger partial charge in [0.25, 0.3) is 0 Å². The van der Waals surface area contributed by atoms with Gasteiger partial charge in [-0.2, -0.15) is 0 Å². The van der Waals surface area contributed by atoms with Crippen molar-refractivity contribution >= 4 is 10.8 Å². The summed E-state index contributed by atoms with van der Waals surface area (Å²) >= 11 is 0. The smallest absolute Gasteiger partial charge is 0.221 e. The first-order chi connectivity index (χ1) is 11.2. The molecule has 126 valence electrons. The Bertz CT molecular complexity index is 600. The largest absolute Gasteiger partial charge is 0.476 e. The maximum Gasteiger partial charge on any atom is 0.221 e. The number of aryl methyl sites for hydroxylation is 1. The monoisotopic (exact) mass is 315 g/mol. The number of hydrogen-bond acceptors (Lipinski definition) is 4. The molecule has 0 atom stereocenters. The molecule has 0 aliphatic rings. The Kier molecular flexibility index (Phi) is 7.30. The molecule has 0 fully saturated rings. The van der Waals surface area contributed by atoms with Crippen LogP contribution in [0.1, 0.15) is 31.9 Å². The summed E-state index contributed by atoms with van der Waals surface area (Å²) in [6.07, 6.45) is 4.36. The third kappa shape index (κ3) is 5.48. The number of benzene rings is 1. The van der Waals surface area contributed by atoms with Crippen LogP contribution in [0.15, 0.2) is 30.3 Å². The van der Waals surface area contributed by atoms with Crippen LogP contribution in [0.4, 0.5) is 0 Å². The number of unbranched alkanes of at least 4 members (excludes halogenated alkanes) is 1. The van der Waals surface area contributed by atoms with Crippen molar-refractivity contribution in [2.75, 3.05) is 33.3 Å². The molecule has 0 aliphatic carbocycles. The predicted octanol–water partition coefficient (Wildman–Crippen LogP) is 3.24. The molecule has 4 heteroatoms. The number of ether oxygens (including phenoxy) is 1. The van der Waals surface area contributed by atoms with Gasteiger partial charge in [0, 0.05) is 17.6 Å². The van der Waals surface area contributed by atoms with E-state index >= 15 is 0 Å². The molecule has 0 saturated heterocycles. The van der Waals surface area contributed by atoms with E-state index in [2.05, 4.69) is 43.1 Å². The van der Waals surface area contributed by atoms with E-state index in [1.807, 2.05) is 6.07 Å². The fraction of sp³-hybridized carbons (Fsp3) is 0.526. The van der Waals surface area contributed by atoms with Crippen molar-refractivity contribution in [3.8, 4) is 5.88 Å². The normalized spacial score (nSPS) is 11.3. The molecule has 0 bridgehead atoms. The van der Waals surface area contributed by atoms with Crippen LogP contribution in [-0.2, 0) is 6.42 Å². The minimum Gasteiger partial charge on any atom is -0.476 e. The minimum atomic E-state index is 0.648. The van der Waals surface area contributed by atoms with Crippen molar-refractivity contribution in [1.82, 2.24) is 9.88 Å². The van der Waals surface area contributed by atoms with Crippen LogP contribution in [0, 0.1) is 0 Å². The van der Waals surface area contributed by atoms with Gasteiger partial charge in [-0.15, -0.1) is 0 Å². The molecule has 0 saturated carbocycles. The van der Waals surface area contributed by atoms with Crippen molar-refractivity contribution in [3.05, 3.63) is 36.0 Å². The van der Waals surface area contributed by atoms with Gasteiger partial charge in [-0.3, -0.25) is 0 Å². The standard InChI is InChI=1S/C19H29N3O/c1-3-4-9-17-15-16-8-5-6-10-18(16)19(21-17)23-14-13-22(2)12-7-11-20/h5-6,8,10,15H,3-4,7,9,11-14,20H2,1-2H3. The van der Waals surface area contributed by atoms with E-state index in [1.54, 1.807) is 0 Å². The average Bonchev–Trinajstić information content (AvgIpc) is 2.58. The van der Waals surface area contributed by atoms with Gasteiger partial charge in [0.15, 0.2) is 0 Å². The van der Waals surface area contributed by atoms with E-state index in [0.29, 0.717) is 6.61 Å².